The molecule has 98 valence electrons. The molecule has 0 bridgehead atoms. The molecule has 18 heavy (non-hydrogen) atoms. The fraction of sp³-hybridized carbons (Fsp3) is 0.300. The van der Waals surface area contributed by atoms with E-state index in [4.69, 9.17) is 0 Å². The Morgan fingerprint density at radius 1 is 1.50 bits per heavy atom. The summed E-state index contributed by atoms with van der Waals surface area (Å²) in [5.41, 5.74) is -0.552. The predicted molar refractivity (Wildman–Crippen MR) is 61.0 cm³/mol. The Bertz CT molecular complexity index is 466. The highest BCUT2D eigenvalue weighted by Crippen LogP contribution is 2.28. The van der Waals surface area contributed by atoms with Crippen molar-refractivity contribution in [2.45, 2.75) is 6.43 Å². The second-order valence-corrected chi connectivity index (χ2v) is 3.31. The number of carbonyl (C=O) groups is 1. The molecule has 0 radical (unpaired) electrons. The van der Waals surface area contributed by atoms with Gasteiger partial charge in [0.05, 0.1) is 11.5 Å². The minimum absolute atomic E-state index is 0.143. The SMILES string of the molecule is CNc1cccc(C(=O)NCC(F)F)c1[N+](=O)[O-]. The van der Waals surface area contributed by atoms with E-state index >= 15 is 0 Å². The van der Waals surface area contributed by atoms with Crippen LogP contribution in [0.1, 0.15) is 10.4 Å². The summed E-state index contributed by atoms with van der Waals surface area (Å²) < 4.78 is 23.9. The third-order valence-electron chi connectivity index (χ3n) is 2.15. The van der Waals surface area contributed by atoms with Gasteiger partial charge in [-0.2, -0.15) is 0 Å². The van der Waals surface area contributed by atoms with Crippen LogP contribution in [0.4, 0.5) is 20.2 Å². The summed E-state index contributed by atoms with van der Waals surface area (Å²) in [4.78, 5) is 21.7. The number of nitrogens with zero attached hydrogens (tertiary/aromatic N) is 1. The average Bonchev–Trinajstić information content (AvgIpc) is 2.34. The smallest absolute Gasteiger partial charge is 0.305 e. The van der Waals surface area contributed by atoms with Crippen LogP contribution >= 0.6 is 0 Å². The number of rotatable bonds is 5. The van der Waals surface area contributed by atoms with Gasteiger partial charge in [0.25, 0.3) is 12.3 Å². The van der Waals surface area contributed by atoms with Crippen LogP contribution in [0.2, 0.25) is 0 Å². The van der Waals surface area contributed by atoms with E-state index in [0.29, 0.717) is 0 Å². The van der Waals surface area contributed by atoms with Crippen LogP contribution in [0.3, 0.4) is 0 Å². The number of nitro groups is 1. The number of benzene rings is 1. The summed E-state index contributed by atoms with van der Waals surface area (Å²) in [6.45, 7) is -0.847. The molecule has 8 heteroatoms. The fourth-order valence-electron chi connectivity index (χ4n) is 1.39. The van der Waals surface area contributed by atoms with Crippen molar-refractivity contribution in [3.05, 3.63) is 33.9 Å². The van der Waals surface area contributed by atoms with E-state index in [9.17, 15) is 23.7 Å². The zero-order valence-electron chi connectivity index (χ0n) is 9.44. The minimum atomic E-state index is -2.71. The van der Waals surface area contributed by atoms with Crippen LogP contribution < -0.4 is 10.6 Å². The van der Waals surface area contributed by atoms with Gasteiger partial charge < -0.3 is 10.6 Å². The highest BCUT2D eigenvalue weighted by molar-refractivity contribution is 6.00. The third kappa shape index (κ3) is 3.12. The number of nitrogens with one attached hydrogen (secondary N) is 2. The maximum atomic E-state index is 12.0. The van der Waals surface area contributed by atoms with Crippen LogP contribution in [0.5, 0.6) is 0 Å². The maximum absolute atomic E-state index is 12.0. The van der Waals surface area contributed by atoms with E-state index in [2.05, 4.69) is 5.32 Å². The fourth-order valence-corrected chi connectivity index (χ4v) is 1.39. The molecule has 1 amide bonds. The number of halogens is 2. The molecule has 1 rings (SSSR count). The molecule has 6 nitrogen and oxygen atoms in total. The van der Waals surface area contributed by atoms with Crippen molar-refractivity contribution in [1.29, 1.82) is 0 Å². The number of para-hydroxylation sites is 1. The number of alkyl halides is 2. The van der Waals surface area contributed by atoms with Gasteiger partial charge >= 0.3 is 5.69 Å². The Morgan fingerprint density at radius 3 is 2.67 bits per heavy atom. The van der Waals surface area contributed by atoms with Crippen molar-refractivity contribution in [3.63, 3.8) is 0 Å². The molecule has 0 fully saturated rings. The summed E-state index contributed by atoms with van der Waals surface area (Å²) in [5, 5.41) is 15.4. The lowest BCUT2D eigenvalue weighted by Crippen LogP contribution is -2.29. The Balaban J connectivity index is 3.08. The van der Waals surface area contributed by atoms with Crippen LogP contribution in [0.25, 0.3) is 0 Å². The van der Waals surface area contributed by atoms with Crippen molar-refractivity contribution in [2.24, 2.45) is 0 Å². The maximum Gasteiger partial charge on any atom is 0.305 e. The molecule has 0 aliphatic carbocycles. The number of hydrogen-bond donors (Lipinski definition) is 2. The average molecular weight is 259 g/mol. The van der Waals surface area contributed by atoms with Gasteiger partial charge in [-0.3, -0.25) is 14.9 Å². The monoisotopic (exact) mass is 259 g/mol. The molecule has 0 unspecified atom stereocenters. The summed E-state index contributed by atoms with van der Waals surface area (Å²) in [5.74, 6) is -0.904. The van der Waals surface area contributed by atoms with Crippen LogP contribution in [-0.4, -0.2) is 30.8 Å². The second-order valence-electron chi connectivity index (χ2n) is 3.31. The highest BCUT2D eigenvalue weighted by atomic mass is 19.3. The molecule has 0 spiro atoms. The van der Waals surface area contributed by atoms with Crippen molar-refractivity contribution in [2.75, 3.05) is 18.9 Å². The molecular weight excluding hydrogens is 248 g/mol. The Hall–Kier alpha value is -2.25. The number of nitro benzene ring substituents is 1. The summed E-state index contributed by atoms with van der Waals surface area (Å²) in [6, 6.07) is 4.05. The number of hydrogen-bond acceptors (Lipinski definition) is 4. The van der Waals surface area contributed by atoms with Gasteiger partial charge in [-0.05, 0) is 12.1 Å². The Labute approximate surface area is 101 Å². The Kier molecular flexibility index (Phi) is 4.52. The molecule has 0 saturated carbocycles. The standard InChI is InChI=1S/C10H11F2N3O3/c1-13-7-4-2-3-6(9(7)15(17)18)10(16)14-5-8(11)12/h2-4,8,13H,5H2,1H3,(H,14,16). The molecule has 0 aromatic heterocycles. The first-order valence-electron chi connectivity index (χ1n) is 4.99. The van der Waals surface area contributed by atoms with Crippen LogP contribution in [0, 0.1) is 10.1 Å². The largest absolute Gasteiger partial charge is 0.383 e. The molecule has 1 aromatic rings. The normalized spacial score (nSPS) is 10.2. The first-order chi connectivity index (χ1) is 8.47. The molecule has 0 aliphatic heterocycles. The Morgan fingerprint density at radius 2 is 2.17 bits per heavy atom. The topological polar surface area (TPSA) is 84.3 Å². The highest BCUT2D eigenvalue weighted by Gasteiger charge is 2.24. The van der Waals surface area contributed by atoms with E-state index < -0.39 is 29.5 Å². The zero-order valence-corrected chi connectivity index (χ0v) is 9.44. The van der Waals surface area contributed by atoms with Gasteiger partial charge in [0.1, 0.15) is 11.3 Å². The van der Waals surface area contributed by atoms with Gasteiger partial charge in [-0.15, -0.1) is 0 Å². The van der Waals surface area contributed by atoms with Crippen LogP contribution in [0.15, 0.2) is 18.2 Å². The van der Waals surface area contributed by atoms with E-state index in [1.807, 2.05) is 5.32 Å². The first kappa shape index (κ1) is 13.8. The van der Waals surface area contributed by atoms with Gasteiger partial charge in [0, 0.05) is 7.05 Å². The molecule has 0 aliphatic rings. The summed E-state index contributed by atoms with van der Waals surface area (Å²) in [6.07, 6.45) is -2.71. The van der Waals surface area contributed by atoms with Gasteiger partial charge in [-0.25, -0.2) is 8.78 Å². The summed E-state index contributed by atoms with van der Waals surface area (Å²) in [7, 11) is 1.46. The first-order valence-corrected chi connectivity index (χ1v) is 4.99. The summed E-state index contributed by atoms with van der Waals surface area (Å²) >= 11 is 0. The lowest BCUT2D eigenvalue weighted by Gasteiger charge is -2.08. The number of carbonyl (C=O) groups excluding carboxylic acids is 1. The third-order valence-corrected chi connectivity index (χ3v) is 2.15. The van der Waals surface area contributed by atoms with E-state index in [-0.39, 0.29) is 11.3 Å². The van der Waals surface area contributed by atoms with Gasteiger partial charge in [-0.1, -0.05) is 6.07 Å². The molecule has 2 N–H and O–H groups in total. The van der Waals surface area contributed by atoms with E-state index in [0.717, 1.165) is 0 Å². The van der Waals surface area contributed by atoms with Gasteiger partial charge in [0.15, 0.2) is 0 Å². The lowest BCUT2D eigenvalue weighted by molar-refractivity contribution is -0.384. The minimum Gasteiger partial charge on any atom is -0.383 e. The van der Waals surface area contributed by atoms with Crippen molar-refractivity contribution >= 4 is 17.3 Å². The van der Waals surface area contributed by atoms with Crippen molar-refractivity contribution < 1.29 is 18.5 Å². The molecule has 0 heterocycles. The second kappa shape index (κ2) is 5.89. The van der Waals surface area contributed by atoms with Crippen LogP contribution in [-0.2, 0) is 0 Å². The molecule has 0 atom stereocenters. The number of anilines is 1. The van der Waals surface area contributed by atoms with E-state index in [1.54, 1.807) is 0 Å². The predicted octanol–water partition coefficient (Wildman–Crippen LogP) is 1.63. The quantitative estimate of drug-likeness (QED) is 0.621. The zero-order chi connectivity index (χ0) is 13.7. The molecule has 1 aromatic carbocycles. The molecule has 0 saturated heterocycles. The number of amides is 1. The van der Waals surface area contributed by atoms with E-state index in [1.165, 1.54) is 25.2 Å². The molecular formula is C10H11F2N3O3. The lowest BCUT2D eigenvalue weighted by atomic mass is 10.1. The van der Waals surface area contributed by atoms with Gasteiger partial charge in [0.2, 0.25) is 0 Å². The van der Waals surface area contributed by atoms with Crippen molar-refractivity contribution in [3.8, 4) is 0 Å². The van der Waals surface area contributed by atoms with Crippen molar-refractivity contribution in [1.82, 2.24) is 5.32 Å².